The lowest BCUT2D eigenvalue weighted by atomic mass is 10.2. The molecule has 1 N–H and O–H groups in total. The topological polar surface area (TPSA) is 83.9 Å². The van der Waals surface area contributed by atoms with Crippen LogP contribution in [0.25, 0.3) is 0 Å². The van der Waals surface area contributed by atoms with Crippen molar-refractivity contribution in [1.82, 2.24) is 4.31 Å². The maximum absolute atomic E-state index is 13.9. The molecule has 2 rings (SSSR count). The third-order valence-electron chi connectivity index (χ3n) is 3.52. The highest BCUT2D eigenvalue weighted by Crippen LogP contribution is 2.23. The van der Waals surface area contributed by atoms with E-state index < -0.39 is 41.0 Å². The number of benzene rings is 1. The molecule has 0 aromatic heterocycles. The van der Waals surface area contributed by atoms with Crippen LogP contribution in [0.5, 0.6) is 0 Å². The van der Waals surface area contributed by atoms with Gasteiger partial charge in [-0.15, -0.1) is 0 Å². The molecule has 1 aliphatic rings. The second-order valence-electron chi connectivity index (χ2n) is 5.28. The molecule has 1 aromatic carbocycles. The van der Waals surface area contributed by atoms with Crippen molar-refractivity contribution in [3.05, 3.63) is 34.6 Å². The first kappa shape index (κ1) is 18.1. The summed E-state index contributed by atoms with van der Waals surface area (Å²) in [6, 6.07) is 3.96. The zero-order valence-electron chi connectivity index (χ0n) is 12.2. The van der Waals surface area contributed by atoms with Crippen LogP contribution >= 0.6 is 11.6 Å². The van der Waals surface area contributed by atoms with Gasteiger partial charge in [-0.05, 0) is 25.0 Å². The van der Waals surface area contributed by atoms with Gasteiger partial charge in [-0.3, -0.25) is 4.79 Å². The summed E-state index contributed by atoms with van der Waals surface area (Å²) in [4.78, 5) is 11.0. The SMILES string of the molecule is O=C(O)CN(Cc1c(F)cccc1Cl)S(=O)(=O)CC1CCCO1. The van der Waals surface area contributed by atoms with Crippen molar-refractivity contribution in [2.24, 2.45) is 0 Å². The fourth-order valence-electron chi connectivity index (χ4n) is 2.38. The molecule has 1 fully saturated rings. The van der Waals surface area contributed by atoms with Gasteiger partial charge < -0.3 is 9.84 Å². The van der Waals surface area contributed by atoms with E-state index in [0.29, 0.717) is 13.0 Å². The second-order valence-corrected chi connectivity index (χ2v) is 7.70. The first-order valence-corrected chi connectivity index (χ1v) is 9.02. The van der Waals surface area contributed by atoms with Gasteiger partial charge in [-0.2, -0.15) is 4.31 Å². The fourth-order valence-corrected chi connectivity index (χ4v) is 4.18. The van der Waals surface area contributed by atoms with Gasteiger partial charge in [0.2, 0.25) is 10.0 Å². The van der Waals surface area contributed by atoms with Crippen LogP contribution in [0.3, 0.4) is 0 Å². The van der Waals surface area contributed by atoms with Crippen molar-refractivity contribution in [2.45, 2.75) is 25.5 Å². The molecule has 0 radical (unpaired) electrons. The van der Waals surface area contributed by atoms with Crippen LogP contribution in [0.15, 0.2) is 18.2 Å². The minimum atomic E-state index is -3.93. The number of sulfonamides is 1. The first-order valence-electron chi connectivity index (χ1n) is 7.03. The maximum atomic E-state index is 13.9. The Labute approximate surface area is 138 Å². The summed E-state index contributed by atoms with van der Waals surface area (Å²) in [7, 11) is -3.93. The van der Waals surface area contributed by atoms with Crippen LogP contribution in [0, 0.1) is 5.82 Å². The molecule has 9 heteroatoms. The molecule has 1 saturated heterocycles. The van der Waals surface area contributed by atoms with Crippen LogP contribution in [0.1, 0.15) is 18.4 Å². The van der Waals surface area contributed by atoms with Gasteiger partial charge in [0.15, 0.2) is 0 Å². The highest BCUT2D eigenvalue weighted by molar-refractivity contribution is 7.89. The van der Waals surface area contributed by atoms with E-state index in [0.717, 1.165) is 16.8 Å². The Hall–Kier alpha value is -1.22. The molecule has 128 valence electrons. The van der Waals surface area contributed by atoms with E-state index in [1.807, 2.05) is 0 Å². The molecular formula is C14H17ClFNO5S. The Bertz CT molecular complexity index is 655. The van der Waals surface area contributed by atoms with Crippen molar-refractivity contribution < 1.29 is 27.4 Å². The third-order valence-corrected chi connectivity index (χ3v) is 5.71. The summed E-state index contributed by atoms with van der Waals surface area (Å²) in [5.41, 5.74) is -0.0497. The van der Waals surface area contributed by atoms with Crippen molar-refractivity contribution in [3.63, 3.8) is 0 Å². The van der Waals surface area contributed by atoms with Crippen LogP contribution in [0.4, 0.5) is 4.39 Å². The Morgan fingerprint density at radius 2 is 2.22 bits per heavy atom. The monoisotopic (exact) mass is 365 g/mol. The Morgan fingerprint density at radius 3 is 2.78 bits per heavy atom. The molecular weight excluding hydrogens is 349 g/mol. The number of carboxylic acids is 1. The number of hydrogen-bond acceptors (Lipinski definition) is 4. The maximum Gasteiger partial charge on any atom is 0.318 e. The lowest BCUT2D eigenvalue weighted by Crippen LogP contribution is -2.39. The van der Waals surface area contributed by atoms with Gasteiger partial charge in [-0.1, -0.05) is 17.7 Å². The number of ether oxygens (including phenoxy) is 1. The first-order chi connectivity index (χ1) is 10.8. The molecule has 1 heterocycles. The molecule has 0 bridgehead atoms. The molecule has 6 nitrogen and oxygen atoms in total. The molecule has 0 amide bonds. The average molecular weight is 366 g/mol. The van der Waals surface area contributed by atoms with Crippen molar-refractivity contribution in [3.8, 4) is 0 Å². The normalized spacial score (nSPS) is 18.5. The smallest absolute Gasteiger partial charge is 0.318 e. The van der Waals surface area contributed by atoms with E-state index in [1.165, 1.54) is 12.1 Å². The molecule has 0 spiro atoms. The van der Waals surface area contributed by atoms with Gasteiger partial charge in [0.25, 0.3) is 0 Å². The predicted molar refractivity (Wildman–Crippen MR) is 82.2 cm³/mol. The van der Waals surface area contributed by atoms with Gasteiger partial charge in [0.05, 0.1) is 11.9 Å². The lowest BCUT2D eigenvalue weighted by Gasteiger charge is -2.22. The third kappa shape index (κ3) is 4.87. The van der Waals surface area contributed by atoms with Gasteiger partial charge in [-0.25, -0.2) is 12.8 Å². The van der Waals surface area contributed by atoms with E-state index in [1.54, 1.807) is 0 Å². The minimum Gasteiger partial charge on any atom is -0.480 e. The largest absolute Gasteiger partial charge is 0.480 e. The van der Waals surface area contributed by atoms with Crippen molar-refractivity contribution in [1.29, 1.82) is 0 Å². The number of nitrogens with zero attached hydrogens (tertiary/aromatic N) is 1. The van der Waals surface area contributed by atoms with Gasteiger partial charge >= 0.3 is 5.97 Å². The summed E-state index contributed by atoms with van der Waals surface area (Å²) in [6.45, 7) is -0.717. The Balaban J connectivity index is 2.23. The molecule has 1 aromatic rings. The highest BCUT2D eigenvalue weighted by atomic mass is 35.5. The zero-order valence-corrected chi connectivity index (χ0v) is 13.8. The van der Waals surface area contributed by atoms with Crippen LogP contribution in [-0.4, -0.2) is 48.8 Å². The van der Waals surface area contributed by atoms with E-state index in [4.69, 9.17) is 21.4 Å². The number of carbonyl (C=O) groups is 1. The van der Waals surface area contributed by atoms with E-state index in [2.05, 4.69) is 0 Å². The van der Waals surface area contributed by atoms with E-state index in [-0.39, 0.29) is 16.3 Å². The summed E-state index contributed by atoms with van der Waals surface area (Å²) >= 11 is 5.90. The summed E-state index contributed by atoms with van der Waals surface area (Å²) in [5, 5.41) is 9.01. The summed E-state index contributed by atoms with van der Waals surface area (Å²) in [5.74, 6) is -2.33. The number of hydrogen-bond donors (Lipinski definition) is 1. The quantitative estimate of drug-likeness (QED) is 0.797. The standard InChI is InChI=1S/C14H17ClFNO5S/c15-12-4-1-5-13(16)11(12)7-17(8-14(18)19)23(20,21)9-10-3-2-6-22-10/h1,4-5,10H,2-3,6-9H2,(H,18,19). The van der Waals surface area contributed by atoms with Crippen molar-refractivity contribution >= 4 is 27.6 Å². The summed E-state index contributed by atoms with van der Waals surface area (Å²) in [6.07, 6.45) is 0.895. The lowest BCUT2D eigenvalue weighted by molar-refractivity contribution is -0.137. The van der Waals surface area contributed by atoms with Crippen molar-refractivity contribution in [2.75, 3.05) is 18.9 Å². The number of carboxylic acid groups (broad SMARTS) is 1. The minimum absolute atomic E-state index is 0.0488. The van der Waals surface area contributed by atoms with Crippen LogP contribution < -0.4 is 0 Å². The Morgan fingerprint density at radius 1 is 1.48 bits per heavy atom. The van der Waals surface area contributed by atoms with E-state index in [9.17, 15) is 17.6 Å². The number of rotatable bonds is 7. The molecule has 0 aliphatic carbocycles. The van der Waals surface area contributed by atoms with Gasteiger partial charge in [0, 0.05) is 23.7 Å². The fraction of sp³-hybridized carbons (Fsp3) is 0.500. The molecule has 23 heavy (non-hydrogen) atoms. The average Bonchev–Trinajstić information content (AvgIpc) is 2.93. The zero-order chi connectivity index (χ0) is 17.0. The van der Waals surface area contributed by atoms with Crippen LogP contribution in [-0.2, 0) is 26.1 Å². The van der Waals surface area contributed by atoms with Crippen LogP contribution in [0.2, 0.25) is 5.02 Å². The van der Waals surface area contributed by atoms with E-state index >= 15 is 0 Å². The molecule has 1 atom stereocenters. The Kier molecular flexibility index (Phi) is 5.96. The molecule has 0 saturated carbocycles. The number of aliphatic carboxylic acids is 1. The molecule has 1 unspecified atom stereocenters. The molecule has 1 aliphatic heterocycles. The predicted octanol–water partition coefficient (Wildman–Crippen LogP) is 1.87. The number of halogens is 2. The van der Waals surface area contributed by atoms with Gasteiger partial charge in [0.1, 0.15) is 12.4 Å². The summed E-state index contributed by atoms with van der Waals surface area (Å²) < 4.78 is 44.8. The highest BCUT2D eigenvalue weighted by Gasteiger charge is 2.31. The second kappa shape index (κ2) is 7.57.